The van der Waals surface area contributed by atoms with Gasteiger partial charge in [0.15, 0.2) is 0 Å². The van der Waals surface area contributed by atoms with Crippen LogP contribution in [0.25, 0.3) is 22.8 Å². The van der Waals surface area contributed by atoms with Crippen LogP contribution < -0.4 is 0 Å². The highest BCUT2D eigenvalue weighted by atomic mass is 16.5. The summed E-state index contributed by atoms with van der Waals surface area (Å²) in [5, 5.41) is 0. The topological polar surface area (TPSA) is 9.23 Å². The van der Waals surface area contributed by atoms with Crippen molar-refractivity contribution in [1.82, 2.24) is 0 Å². The Hall–Kier alpha value is -2.90. The van der Waals surface area contributed by atoms with Crippen LogP contribution in [0, 0.1) is 0 Å². The van der Waals surface area contributed by atoms with Crippen molar-refractivity contribution >= 4 is 11.6 Å². The van der Waals surface area contributed by atoms with Gasteiger partial charge in [0.25, 0.3) is 0 Å². The quantitative estimate of drug-likeness (QED) is 0.293. The minimum Gasteiger partial charge on any atom is -0.376 e. The first-order valence-electron chi connectivity index (χ1n) is 13.7. The second kappa shape index (κ2) is 12.4. The van der Waals surface area contributed by atoms with Gasteiger partial charge in [0, 0.05) is 6.61 Å². The van der Waals surface area contributed by atoms with Gasteiger partial charge in [-0.05, 0) is 98.8 Å². The Bertz CT molecular complexity index is 1190. The van der Waals surface area contributed by atoms with Gasteiger partial charge in [-0.15, -0.1) is 0 Å². The van der Waals surface area contributed by atoms with Crippen LogP contribution in [0.4, 0.5) is 0 Å². The molecule has 0 saturated heterocycles. The first kappa shape index (κ1) is 26.2. The SMILES string of the molecule is CC(C)(C)OCCCCCCC1=CCc2ccccc21.CC1=Cc2c(cccc2-c2ccccc2)C1. The molecule has 0 unspecified atom stereocenters. The third kappa shape index (κ3) is 7.31. The van der Waals surface area contributed by atoms with Crippen molar-refractivity contribution in [2.75, 3.05) is 6.61 Å². The fraction of sp³-hybridized carbons (Fsp3) is 0.371. The van der Waals surface area contributed by atoms with E-state index in [1.807, 2.05) is 0 Å². The molecule has 0 spiro atoms. The highest BCUT2D eigenvalue weighted by molar-refractivity contribution is 5.80. The molecule has 5 rings (SSSR count). The Morgan fingerprint density at radius 2 is 1.42 bits per heavy atom. The summed E-state index contributed by atoms with van der Waals surface area (Å²) in [5.41, 5.74) is 11.6. The van der Waals surface area contributed by atoms with Gasteiger partial charge in [0.1, 0.15) is 0 Å². The Morgan fingerprint density at radius 1 is 0.722 bits per heavy atom. The summed E-state index contributed by atoms with van der Waals surface area (Å²) in [7, 11) is 0. The van der Waals surface area contributed by atoms with Gasteiger partial charge in [-0.25, -0.2) is 0 Å². The van der Waals surface area contributed by atoms with E-state index in [2.05, 4.69) is 113 Å². The zero-order chi connectivity index (χ0) is 25.4. The molecule has 0 amide bonds. The maximum Gasteiger partial charge on any atom is 0.0598 e. The van der Waals surface area contributed by atoms with Crippen LogP contribution in [-0.4, -0.2) is 12.2 Å². The molecule has 0 bridgehead atoms. The van der Waals surface area contributed by atoms with Gasteiger partial charge in [0.05, 0.1) is 5.60 Å². The Labute approximate surface area is 218 Å². The van der Waals surface area contributed by atoms with Crippen LogP contribution in [-0.2, 0) is 17.6 Å². The number of hydrogen-bond acceptors (Lipinski definition) is 1. The second-order valence-electron chi connectivity index (χ2n) is 11.1. The number of rotatable bonds is 8. The fourth-order valence-electron chi connectivity index (χ4n) is 5.15. The minimum absolute atomic E-state index is 0.0123. The summed E-state index contributed by atoms with van der Waals surface area (Å²) in [4.78, 5) is 0. The Balaban J connectivity index is 0.000000173. The highest BCUT2D eigenvalue weighted by Gasteiger charge is 2.14. The molecule has 0 N–H and O–H groups in total. The molecule has 0 aliphatic heterocycles. The fourth-order valence-corrected chi connectivity index (χ4v) is 5.15. The van der Waals surface area contributed by atoms with Crippen LogP contribution in [0.1, 0.15) is 82.1 Å². The number of ether oxygens (including phenoxy) is 1. The predicted molar refractivity (Wildman–Crippen MR) is 156 cm³/mol. The van der Waals surface area contributed by atoms with Crippen LogP contribution >= 0.6 is 0 Å². The zero-order valence-corrected chi connectivity index (χ0v) is 22.6. The standard InChI is InChI=1S/C19H28O.C16H14/c1-19(2,3)20-15-9-5-4-6-10-16-13-14-17-11-7-8-12-18(16)17;1-12-10-14-8-5-9-15(16(14)11-12)13-6-3-2-4-7-13/h7-8,11-13H,4-6,9-10,14-15H2,1-3H3;2-9,11H,10H2,1H3. The van der Waals surface area contributed by atoms with Crippen LogP contribution in [0.2, 0.25) is 0 Å². The Morgan fingerprint density at radius 3 is 2.22 bits per heavy atom. The van der Waals surface area contributed by atoms with Gasteiger partial charge >= 0.3 is 0 Å². The number of allylic oxidation sites excluding steroid dienone is 3. The molecule has 0 atom stereocenters. The molecule has 0 saturated carbocycles. The average Bonchev–Trinajstić information content (AvgIpc) is 3.46. The van der Waals surface area contributed by atoms with E-state index in [4.69, 9.17) is 4.74 Å². The van der Waals surface area contributed by atoms with Crippen molar-refractivity contribution in [2.45, 2.75) is 78.2 Å². The predicted octanol–water partition coefficient (Wildman–Crippen LogP) is 9.70. The van der Waals surface area contributed by atoms with Crippen LogP contribution in [0.5, 0.6) is 0 Å². The van der Waals surface area contributed by atoms with Crippen molar-refractivity contribution < 1.29 is 4.74 Å². The zero-order valence-electron chi connectivity index (χ0n) is 22.6. The van der Waals surface area contributed by atoms with E-state index >= 15 is 0 Å². The first-order chi connectivity index (χ1) is 17.4. The molecule has 0 heterocycles. The molecular formula is C35H42O. The van der Waals surface area contributed by atoms with E-state index in [1.165, 1.54) is 71.1 Å². The molecule has 0 fully saturated rings. The van der Waals surface area contributed by atoms with Crippen LogP contribution in [0.15, 0.2) is 84.4 Å². The number of fused-ring (bicyclic) bond motifs is 2. The molecule has 2 aliphatic rings. The van der Waals surface area contributed by atoms with Crippen LogP contribution in [0.3, 0.4) is 0 Å². The minimum atomic E-state index is 0.0123. The van der Waals surface area contributed by atoms with Crippen molar-refractivity contribution in [3.63, 3.8) is 0 Å². The molecule has 1 heteroatoms. The average molecular weight is 479 g/mol. The van der Waals surface area contributed by atoms with E-state index < -0.39 is 0 Å². The second-order valence-corrected chi connectivity index (χ2v) is 11.1. The third-order valence-electron chi connectivity index (χ3n) is 6.95. The van der Waals surface area contributed by atoms with Crippen molar-refractivity contribution in [1.29, 1.82) is 0 Å². The van der Waals surface area contributed by atoms with E-state index in [0.717, 1.165) is 19.4 Å². The van der Waals surface area contributed by atoms with Gasteiger partial charge in [-0.2, -0.15) is 0 Å². The maximum absolute atomic E-state index is 5.74. The molecule has 188 valence electrons. The lowest BCUT2D eigenvalue weighted by molar-refractivity contribution is -0.00473. The van der Waals surface area contributed by atoms with Crippen molar-refractivity contribution in [2.24, 2.45) is 0 Å². The first-order valence-corrected chi connectivity index (χ1v) is 13.7. The molecule has 3 aromatic rings. The van der Waals surface area contributed by atoms with Gasteiger partial charge in [0.2, 0.25) is 0 Å². The molecule has 3 aromatic carbocycles. The van der Waals surface area contributed by atoms with E-state index in [-0.39, 0.29) is 5.60 Å². The number of benzene rings is 3. The summed E-state index contributed by atoms with van der Waals surface area (Å²) in [6.45, 7) is 9.47. The molecule has 2 aliphatic carbocycles. The summed E-state index contributed by atoms with van der Waals surface area (Å²) in [6.07, 6.45) is 13.3. The molecule has 0 aromatic heterocycles. The summed E-state index contributed by atoms with van der Waals surface area (Å²) in [5.74, 6) is 0. The monoisotopic (exact) mass is 478 g/mol. The van der Waals surface area contributed by atoms with Crippen molar-refractivity contribution in [3.05, 3.63) is 107 Å². The number of unbranched alkanes of at least 4 members (excludes halogenated alkanes) is 3. The molecule has 36 heavy (non-hydrogen) atoms. The van der Waals surface area contributed by atoms with E-state index in [9.17, 15) is 0 Å². The van der Waals surface area contributed by atoms with Gasteiger partial charge < -0.3 is 4.74 Å². The largest absolute Gasteiger partial charge is 0.376 e. The summed E-state index contributed by atoms with van der Waals surface area (Å²) in [6, 6.07) is 26.0. The Kier molecular flexibility index (Phi) is 8.99. The van der Waals surface area contributed by atoms with Gasteiger partial charge in [-0.3, -0.25) is 0 Å². The third-order valence-corrected chi connectivity index (χ3v) is 6.95. The molecular weight excluding hydrogens is 436 g/mol. The smallest absolute Gasteiger partial charge is 0.0598 e. The van der Waals surface area contributed by atoms with Crippen molar-refractivity contribution in [3.8, 4) is 11.1 Å². The van der Waals surface area contributed by atoms with E-state index in [0.29, 0.717) is 0 Å². The lowest BCUT2D eigenvalue weighted by atomic mass is 9.97. The molecule has 0 radical (unpaired) electrons. The maximum atomic E-state index is 5.74. The summed E-state index contributed by atoms with van der Waals surface area (Å²) < 4.78 is 5.74. The van der Waals surface area contributed by atoms with E-state index in [1.54, 1.807) is 5.57 Å². The molecule has 1 nitrogen and oxygen atoms in total. The lowest BCUT2D eigenvalue weighted by Gasteiger charge is -2.19. The normalized spacial score (nSPS) is 13.9. The number of hydrogen-bond donors (Lipinski definition) is 0. The lowest BCUT2D eigenvalue weighted by Crippen LogP contribution is -2.19. The summed E-state index contributed by atoms with van der Waals surface area (Å²) >= 11 is 0. The van der Waals surface area contributed by atoms with Gasteiger partial charge in [-0.1, -0.05) is 103 Å². The highest BCUT2D eigenvalue weighted by Crippen LogP contribution is 2.33.